The van der Waals surface area contributed by atoms with Crippen molar-refractivity contribution >= 4 is 23.5 Å². The summed E-state index contributed by atoms with van der Waals surface area (Å²) in [4.78, 5) is 44.2. The molecule has 0 atom stereocenters. The first-order valence-corrected chi connectivity index (χ1v) is 18.0. The minimum Gasteiger partial charge on any atom is -0.385 e. The zero-order valence-electron chi connectivity index (χ0n) is 28.4. The summed E-state index contributed by atoms with van der Waals surface area (Å²) >= 11 is 6.08. The number of rotatable bonds is 12. The monoisotopic (exact) mass is 695 g/mol. The van der Waals surface area contributed by atoms with Gasteiger partial charge >= 0.3 is 6.03 Å². The molecule has 0 spiro atoms. The Balaban J connectivity index is 1.06. The van der Waals surface area contributed by atoms with Crippen LogP contribution < -0.4 is 10.6 Å². The fourth-order valence-electron chi connectivity index (χ4n) is 7.28. The third-order valence-corrected chi connectivity index (χ3v) is 10.5. The third-order valence-electron chi connectivity index (χ3n) is 10.3. The number of pyridine rings is 3. The Bertz CT molecular complexity index is 1620. The molecule has 10 nitrogen and oxygen atoms in total. The van der Waals surface area contributed by atoms with Crippen LogP contribution in [0, 0.1) is 0 Å². The maximum absolute atomic E-state index is 13.4. The largest absolute Gasteiger partial charge is 0.385 e. The van der Waals surface area contributed by atoms with Crippen molar-refractivity contribution in [2.24, 2.45) is 0 Å². The second-order valence-electron chi connectivity index (χ2n) is 13.5. The lowest BCUT2D eigenvalue weighted by molar-refractivity contribution is -0.131. The van der Waals surface area contributed by atoms with Crippen molar-refractivity contribution in [1.29, 1.82) is 0 Å². The number of carbonyl (C=O) groups is 2. The van der Waals surface area contributed by atoms with Crippen molar-refractivity contribution < 1.29 is 14.7 Å². The summed E-state index contributed by atoms with van der Waals surface area (Å²) in [5.41, 5.74) is 2.02. The van der Waals surface area contributed by atoms with Gasteiger partial charge in [-0.2, -0.15) is 0 Å². The first-order chi connectivity index (χ1) is 24.3. The Hall–Kier alpha value is -4.38. The highest BCUT2D eigenvalue weighted by Crippen LogP contribution is 2.36. The molecule has 1 aromatic carbocycles. The molecule has 0 saturated carbocycles. The number of hydrogen-bond acceptors (Lipinski definition) is 7. The number of urea groups is 1. The molecule has 0 unspecified atom stereocenters. The highest BCUT2D eigenvalue weighted by atomic mass is 35.5. The Labute approximate surface area is 299 Å². The first kappa shape index (κ1) is 35.4. The lowest BCUT2D eigenvalue weighted by Gasteiger charge is -2.39. The topological polar surface area (TPSA) is 124 Å². The molecule has 5 heterocycles. The van der Waals surface area contributed by atoms with Crippen LogP contribution in [-0.2, 0) is 22.2 Å². The minimum atomic E-state index is -0.851. The number of nitrogens with zero attached hydrogens (tertiary/aromatic N) is 5. The van der Waals surface area contributed by atoms with Gasteiger partial charge in [-0.05, 0) is 98.7 Å². The highest BCUT2D eigenvalue weighted by molar-refractivity contribution is 6.30. The molecule has 0 radical (unpaired) electrons. The van der Waals surface area contributed by atoms with E-state index in [2.05, 4.69) is 20.5 Å². The third kappa shape index (κ3) is 8.85. The Morgan fingerprint density at radius 2 is 1.56 bits per heavy atom. The standard InChI is InChI=1S/C39H46ClN7O3/c40-32-12-10-31(11-13-32)39(50)17-25-46(26-18-39)22-6-16-38(34-8-1-3-20-42-34,35-9-2-4-21-43-35)29-44-37(49)45-33-14-23-47(24-15-33)36(48)27-30-7-5-19-41-28-30/h1-5,7-13,19-21,28,33,50H,6,14-18,22-27,29H2,(H2,44,45,49). The molecule has 6 rings (SSSR count). The summed E-state index contributed by atoms with van der Waals surface area (Å²) < 4.78 is 0. The zero-order valence-corrected chi connectivity index (χ0v) is 29.1. The molecule has 3 N–H and O–H groups in total. The van der Waals surface area contributed by atoms with Gasteiger partial charge in [0.25, 0.3) is 0 Å². The molecular weight excluding hydrogens is 650 g/mol. The van der Waals surface area contributed by atoms with Gasteiger partial charge in [0.1, 0.15) is 0 Å². The van der Waals surface area contributed by atoms with Crippen LogP contribution in [-0.4, -0.2) is 87.1 Å². The summed E-state index contributed by atoms with van der Waals surface area (Å²) in [7, 11) is 0. The van der Waals surface area contributed by atoms with E-state index in [1.54, 1.807) is 24.8 Å². The zero-order chi connectivity index (χ0) is 34.8. The number of aromatic nitrogens is 3. The van der Waals surface area contributed by atoms with Crippen LogP contribution in [0.25, 0.3) is 0 Å². The molecular formula is C39H46ClN7O3. The summed E-state index contributed by atoms with van der Waals surface area (Å²) in [6.07, 6.45) is 11.6. The van der Waals surface area contributed by atoms with Crippen molar-refractivity contribution in [3.05, 3.63) is 125 Å². The normalized spacial score (nSPS) is 16.9. The van der Waals surface area contributed by atoms with Gasteiger partial charge in [-0.3, -0.25) is 19.7 Å². The van der Waals surface area contributed by atoms with E-state index in [1.165, 1.54) is 0 Å². The quantitative estimate of drug-likeness (QED) is 0.188. The Morgan fingerprint density at radius 1 is 0.880 bits per heavy atom. The molecule has 262 valence electrons. The second kappa shape index (κ2) is 16.6. The van der Waals surface area contributed by atoms with E-state index in [-0.39, 0.29) is 18.0 Å². The number of hydrogen-bond donors (Lipinski definition) is 3. The van der Waals surface area contributed by atoms with Crippen LogP contribution in [0.5, 0.6) is 0 Å². The molecule has 3 aromatic heterocycles. The van der Waals surface area contributed by atoms with Crippen molar-refractivity contribution in [1.82, 2.24) is 35.4 Å². The van der Waals surface area contributed by atoms with E-state index in [4.69, 9.17) is 21.6 Å². The minimum absolute atomic E-state index is 0.0258. The predicted molar refractivity (Wildman–Crippen MR) is 194 cm³/mol. The van der Waals surface area contributed by atoms with Gasteiger partial charge in [0, 0.05) is 68.6 Å². The van der Waals surface area contributed by atoms with Crippen LogP contribution in [0.15, 0.2) is 97.6 Å². The van der Waals surface area contributed by atoms with Crippen molar-refractivity contribution in [3.63, 3.8) is 0 Å². The maximum Gasteiger partial charge on any atom is 0.315 e. The lowest BCUT2D eigenvalue weighted by atomic mass is 9.76. The van der Waals surface area contributed by atoms with E-state index >= 15 is 0 Å². The van der Waals surface area contributed by atoms with Gasteiger partial charge in [0.15, 0.2) is 0 Å². The predicted octanol–water partition coefficient (Wildman–Crippen LogP) is 5.11. The van der Waals surface area contributed by atoms with Gasteiger partial charge in [0.05, 0.1) is 28.8 Å². The number of benzene rings is 1. The second-order valence-corrected chi connectivity index (χ2v) is 14.0. The van der Waals surface area contributed by atoms with Gasteiger partial charge < -0.3 is 25.5 Å². The molecule has 50 heavy (non-hydrogen) atoms. The van der Waals surface area contributed by atoms with E-state index in [9.17, 15) is 14.7 Å². The molecule has 3 amide bonds. The van der Waals surface area contributed by atoms with Crippen molar-refractivity contribution in [3.8, 4) is 0 Å². The lowest BCUT2D eigenvalue weighted by Crippen LogP contribution is -2.52. The van der Waals surface area contributed by atoms with Crippen molar-refractivity contribution in [2.45, 2.75) is 62.0 Å². The SMILES string of the molecule is O=C(NCC(CCCN1CCC(O)(c2ccc(Cl)cc2)CC1)(c1ccccn1)c1ccccn1)NC1CCN(C(=O)Cc2cccnc2)CC1. The van der Waals surface area contributed by atoms with E-state index < -0.39 is 11.0 Å². The average molecular weight is 696 g/mol. The number of nitrogens with one attached hydrogen (secondary N) is 2. The summed E-state index contributed by atoms with van der Waals surface area (Å²) in [5, 5.41) is 18.4. The summed E-state index contributed by atoms with van der Waals surface area (Å²) in [5.74, 6) is 0.0817. The molecule has 0 bridgehead atoms. The maximum atomic E-state index is 13.4. The molecule has 2 saturated heterocycles. The van der Waals surface area contributed by atoms with E-state index in [1.807, 2.05) is 77.7 Å². The number of piperidine rings is 2. The van der Waals surface area contributed by atoms with Crippen LogP contribution in [0.2, 0.25) is 5.02 Å². The van der Waals surface area contributed by atoms with Gasteiger partial charge in [-0.1, -0.05) is 41.9 Å². The first-order valence-electron chi connectivity index (χ1n) is 17.6. The van der Waals surface area contributed by atoms with E-state index in [0.29, 0.717) is 56.8 Å². The van der Waals surface area contributed by atoms with Gasteiger partial charge in [-0.15, -0.1) is 0 Å². The van der Waals surface area contributed by atoms with Crippen LogP contribution in [0.3, 0.4) is 0 Å². The van der Waals surface area contributed by atoms with Crippen LogP contribution in [0.1, 0.15) is 61.0 Å². The van der Waals surface area contributed by atoms with Crippen LogP contribution >= 0.6 is 11.6 Å². The molecule has 2 aliphatic rings. The molecule has 11 heteroatoms. The highest BCUT2D eigenvalue weighted by Gasteiger charge is 2.39. The number of amides is 3. The fourth-order valence-corrected chi connectivity index (χ4v) is 7.40. The fraction of sp³-hybridized carbons (Fsp3) is 0.410. The molecule has 4 aromatic rings. The Morgan fingerprint density at radius 3 is 2.16 bits per heavy atom. The molecule has 2 aliphatic heterocycles. The number of carbonyl (C=O) groups excluding carboxylic acids is 2. The van der Waals surface area contributed by atoms with Crippen LogP contribution in [0.4, 0.5) is 4.79 Å². The van der Waals surface area contributed by atoms with E-state index in [0.717, 1.165) is 55.0 Å². The molecule has 2 fully saturated rings. The molecule has 0 aliphatic carbocycles. The summed E-state index contributed by atoms with van der Waals surface area (Å²) in [6.45, 7) is 3.95. The summed E-state index contributed by atoms with van der Waals surface area (Å²) in [6, 6.07) is 22.8. The number of aliphatic hydroxyl groups is 1. The smallest absolute Gasteiger partial charge is 0.315 e. The Kier molecular flexibility index (Phi) is 11.7. The van der Waals surface area contributed by atoms with Gasteiger partial charge in [0.2, 0.25) is 5.91 Å². The van der Waals surface area contributed by atoms with Crippen molar-refractivity contribution in [2.75, 3.05) is 39.3 Å². The number of halogens is 1. The van der Waals surface area contributed by atoms with Gasteiger partial charge in [-0.25, -0.2) is 4.79 Å². The number of likely N-dealkylation sites (tertiary alicyclic amines) is 2. The average Bonchev–Trinajstić information content (AvgIpc) is 3.15.